The molecule has 1 aliphatic heterocycles. The number of imidazole rings is 1. The molecule has 5 aromatic rings. The fourth-order valence-electron chi connectivity index (χ4n) is 5.34. The molecule has 1 aliphatic rings. The van der Waals surface area contributed by atoms with Crippen LogP contribution in [0, 0.1) is 19.7 Å². The first-order valence-electron chi connectivity index (χ1n) is 14.6. The minimum absolute atomic E-state index is 0.128. The van der Waals surface area contributed by atoms with Crippen LogP contribution in [0.15, 0.2) is 70.7 Å². The van der Waals surface area contributed by atoms with Gasteiger partial charge in [-0.15, -0.1) is 10.2 Å². The Bertz CT molecular complexity index is 1990. The van der Waals surface area contributed by atoms with E-state index in [0.717, 1.165) is 22.5 Å². The van der Waals surface area contributed by atoms with Crippen molar-refractivity contribution in [2.75, 3.05) is 18.1 Å². The highest BCUT2D eigenvalue weighted by Crippen LogP contribution is 2.46. The number of nitrogens with zero attached hydrogens (tertiary/aromatic N) is 5. The fraction of sp³-hybridized carbons (Fsp3) is 0.242. The zero-order valence-corrected chi connectivity index (χ0v) is 27.1. The highest BCUT2D eigenvalue weighted by molar-refractivity contribution is 8.00. The van der Waals surface area contributed by atoms with Crippen molar-refractivity contribution >= 4 is 51.3 Å². The predicted octanol–water partition coefficient (Wildman–Crippen LogP) is 6.66. The summed E-state index contributed by atoms with van der Waals surface area (Å²) in [7, 11) is 0. The van der Waals surface area contributed by atoms with Crippen LogP contribution in [0.4, 0.5) is 9.52 Å². The SMILES string of the molecule is CCOc1ccc(C2/C(=C(\O)c3nc4c(C)cccn4c3C)C(=O)C(=O)N2c2nnc(SCc3ccc(F)cc3)s2)cc1OCC. The van der Waals surface area contributed by atoms with Crippen LogP contribution >= 0.6 is 23.1 Å². The number of aliphatic hydroxyl groups excluding tert-OH is 1. The summed E-state index contributed by atoms with van der Waals surface area (Å²) in [5, 5.41) is 20.5. The predicted molar refractivity (Wildman–Crippen MR) is 174 cm³/mol. The van der Waals surface area contributed by atoms with Gasteiger partial charge in [-0.1, -0.05) is 47.4 Å². The molecular formula is C33H30FN5O5S2. The Morgan fingerprint density at radius 3 is 2.48 bits per heavy atom. The number of aromatic nitrogens is 4. The highest BCUT2D eigenvalue weighted by atomic mass is 32.2. The topological polar surface area (TPSA) is 119 Å². The third-order valence-electron chi connectivity index (χ3n) is 7.51. The Labute approximate surface area is 272 Å². The average Bonchev–Trinajstić information content (AvgIpc) is 3.73. The molecule has 1 unspecified atom stereocenters. The standard InChI is InChI=1S/C33H30FN5O5S2/c1-5-43-23-14-11-21(16-24(23)44-6-2)27-25(28(40)26-19(4)38-15-7-8-18(3)30(38)35-26)29(41)31(42)39(27)32-36-37-33(46-32)45-17-20-9-12-22(34)13-10-20/h7-16,27,40H,5-6,17H2,1-4H3/b28-25+. The molecule has 1 fully saturated rings. The third kappa shape index (κ3) is 5.71. The number of carbonyl (C=O) groups is 2. The molecular weight excluding hydrogens is 630 g/mol. The van der Waals surface area contributed by atoms with Crippen LogP contribution in [-0.4, -0.2) is 49.6 Å². The van der Waals surface area contributed by atoms with Gasteiger partial charge < -0.3 is 19.0 Å². The van der Waals surface area contributed by atoms with Crippen molar-refractivity contribution in [2.45, 2.75) is 43.8 Å². The van der Waals surface area contributed by atoms with Crippen molar-refractivity contribution in [3.05, 3.63) is 100 Å². The Kier molecular flexibility index (Phi) is 8.78. The van der Waals surface area contributed by atoms with E-state index in [4.69, 9.17) is 9.47 Å². The van der Waals surface area contributed by atoms with Crippen LogP contribution in [-0.2, 0) is 15.3 Å². The number of anilines is 1. The number of thioether (sulfide) groups is 1. The van der Waals surface area contributed by atoms with Crippen LogP contribution < -0.4 is 14.4 Å². The molecule has 10 nitrogen and oxygen atoms in total. The van der Waals surface area contributed by atoms with E-state index in [1.165, 1.54) is 28.8 Å². The highest BCUT2D eigenvalue weighted by Gasteiger charge is 2.49. The van der Waals surface area contributed by atoms with E-state index in [2.05, 4.69) is 15.2 Å². The molecule has 1 amide bonds. The van der Waals surface area contributed by atoms with Gasteiger partial charge in [-0.25, -0.2) is 9.37 Å². The molecule has 46 heavy (non-hydrogen) atoms. The van der Waals surface area contributed by atoms with E-state index in [9.17, 15) is 19.1 Å². The molecule has 0 bridgehead atoms. The summed E-state index contributed by atoms with van der Waals surface area (Å²) in [4.78, 5) is 33.5. The maximum Gasteiger partial charge on any atom is 0.301 e. The molecule has 0 radical (unpaired) electrons. The molecule has 0 saturated carbocycles. The van der Waals surface area contributed by atoms with E-state index in [1.807, 2.05) is 43.5 Å². The van der Waals surface area contributed by atoms with Crippen molar-refractivity contribution in [3.63, 3.8) is 0 Å². The van der Waals surface area contributed by atoms with E-state index < -0.39 is 23.5 Å². The number of amides is 1. The van der Waals surface area contributed by atoms with Gasteiger partial charge in [0.2, 0.25) is 5.13 Å². The Morgan fingerprint density at radius 2 is 1.76 bits per heavy atom. The average molecular weight is 660 g/mol. The van der Waals surface area contributed by atoms with Gasteiger partial charge in [-0.3, -0.25) is 14.5 Å². The Hall–Kier alpha value is -4.75. The summed E-state index contributed by atoms with van der Waals surface area (Å²) in [6.07, 6.45) is 1.82. The Morgan fingerprint density at radius 1 is 1.02 bits per heavy atom. The van der Waals surface area contributed by atoms with Crippen LogP contribution in [0.2, 0.25) is 0 Å². The van der Waals surface area contributed by atoms with Crippen LogP contribution in [0.3, 0.4) is 0 Å². The summed E-state index contributed by atoms with van der Waals surface area (Å²) in [6, 6.07) is 14.0. The second-order valence-corrected chi connectivity index (χ2v) is 12.6. The Balaban J connectivity index is 1.47. The normalized spacial score (nSPS) is 16.0. The van der Waals surface area contributed by atoms with Crippen LogP contribution in [0.5, 0.6) is 11.5 Å². The number of ether oxygens (including phenoxy) is 2. The lowest BCUT2D eigenvalue weighted by atomic mass is 9.96. The van der Waals surface area contributed by atoms with E-state index >= 15 is 0 Å². The number of hydrogen-bond acceptors (Lipinski definition) is 10. The van der Waals surface area contributed by atoms with E-state index in [0.29, 0.717) is 51.7 Å². The number of pyridine rings is 1. The first-order chi connectivity index (χ1) is 22.2. The lowest BCUT2D eigenvalue weighted by molar-refractivity contribution is -0.132. The number of ketones is 1. The summed E-state index contributed by atoms with van der Waals surface area (Å²) in [6.45, 7) is 8.16. The van der Waals surface area contributed by atoms with Crippen molar-refractivity contribution in [1.29, 1.82) is 0 Å². The lowest BCUT2D eigenvalue weighted by Gasteiger charge is -2.23. The number of hydrogen-bond donors (Lipinski definition) is 1. The number of fused-ring (bicyclic) bond motifs is 1. The zero-order valence-electron chi connectivity index (χ0n) is 25.5. The molecule has 1 N–H and O–H groups in total. The van der Waals surface area contributed by atoms with Crippen LogP contribution in [0.1, 0.15) is 48.0 Å². The van der Waals surface area contributed by atoms with Crippen molar-refractivity contribution in [1.82, 2.24) is 19.6 Å². The van der Waals surface area contributed by atoms with Gasteiger partial charge in [-0.2, -0.15) is 0 Å². The van der Waals surface area contributed by atoms with Gasteiger partial charge >= 0.3 is 5.91 Å². The molecule has 0 aliphatic carbocycles. The van der Waals surface area contributed by atoms with Gasteiger partial charge in [0.05, 0.1) is 30.5 Å². The number of halogens is 1. The van der Waals surface area contributed by atoms with Crippen LogP contribution in [0.25, 0.3) is 11.4 Å². The maximum absolute atomic E-state index is 13.8. The molecule has 1 saturated heterocycles. The molecule has 3 aromatic heterocycles. The van der Waals surface area contributed by atoms with E-state index in [-0.39, 0.29) is 22.2 Å². The van der Waals surface area contributed by atoms with Gasteiger partial charge in [0.25, 0.3) is 5.78 Å². The second kappa shape index (κ2) is 12.9. The third-order valence-corrected chi connectivity index (χ3v) is 9.64. The number of Topliss-reactive ketones (excluding diaryl/α,β-unsaturated/α-hetero) is 1. The molecule has 6 rings (SSSR count). The summed E-state index contributed by atoms with van der Waals surface area (Å²) >= 11 is 2.51. The first-order valence-corrected chi connectivity index (χ1v) is 16.4. The monoisotopic (exact) mass is 659 g/mol. The molecule has 1 atom stereocenters. The van der Waals surface area contributed by atoms with E-state index in [1.54, 1.807) is 37.3 Å². The fourth-order valence-corrected chi connectivity index (χ4v) is 7.16. The smallest absolute Gasteiger partial charge is 0.301 e. The molecule has 4 heterocycles. The minimum Gasteiger partial charge on any atom is -0.505 e. The molecule has 2 aromatic carbocycles. The molecule has 0 spiro atoms. The summed E-state index contributed by atoms with van der Waals surface area (Å²) < 4.78 is 27.3. The number of carbonyl (C=O) groups excluding carboxylic acids is 2. The van der Waals surface area contributed by atoms with Crippen molar-refractivity contribution in [3.8, 4) is 11.5 Å². The van der Waals surface area contributed by atoms with Crippen molar-refractivity contribution in [2.24, 2.45) is 0 Å². The maximum atomic E-state index is 13.8. The minimum atomic E-state index is -1.07. The number of benzene rings is 2. The molecule has 13 heteroatoms. The van der Waals surface area contributed by atoms with Gasteiger partial charge in [-0.05, 0) is 74.7 Å². The van der Waals surface area contributed by atoms with Gasteiger partial charge in [0.1, 0.15) is 17.2 Å². The largest absolute Gasteiger partial charge is 0.505 e. The van der Waals surface area contributed by atoms with Crippen molar-refractivity contribution < 1.29 is 28.6 Å². The quantitative estimate of drug-likeness (QED) is 0.0577. The van der Waals surface area contributed by atoms with Gasteiger partial charge in [0.15, 0.2) is 21.6 Å². The van der Waals surface area contributed by atoms with Gasteiger partial charge in [0, 0.05) is 11.9 Å². The summed E-state index contributed by atoms with van der Waals surface area (Å²) in [5.74, 6) is -1.01. The first kappa shape index (κ1) is 31.2. The second-order valence-electron chi connectivity index (χ2n) is 10.4. The zero-order chi connectivity index (χ0) is 32.5. The number of aryl methyl sites for hydroxylation is 2. The lowest BCUT2D eigenvalue weighted by Crippen LogP contribution is -2.29. The number of aliphatic hydroxyl groups is 1. The number of rotatable bonds is 10. The molecule has 236 valence electrons. The summed E-state index contributed by atoms with van der Waals surface area (Å²) in [5.41, 5.74) is 3.57.